The van der Waals surface area contributed by atoms with Gasteiger partial charge in [0.1, 0.15) is 9.88 Å². The molecule has 0 aliphatic heterocycles. The number of aromatic nitrogens is 1. The van der Waals surface area contributed by atoms with Crippen molar-refractivity contribution < 1.29 is 14.7 Å². The van der Waals surface area contributed by atoms with Gasteiger partial charge in [-0.3, -0.25) is 4.79 Å². The van der Waals surface area contributed by atoms with Gasteiger partial charge in [0.2, 0.25) is 5.91 Å². The molecule has 0 aromatic carbocycles. The van der Waals surface area contributed by atoms with E-state index < -0.39 is 5.97 Å². The molecule has 1 atom stereocenters. The minimum absolute atomic E-state index is 0.0223. The zero-order valence-corrected chi connectivity index (χ0v) is 12.5. The third kappa shape index (κ3) is 4.63. The number of carboxylic acids is 1. The number of amides is 1. The molecule has 1 unspecified atom stereocenters. The van der Waals surface area contributed by atoms with Crippen LogP contribution in [0, 0.1) is 12.8 Å². The van der Waals surface area contributed by atoms with Crippen molar-refractivity contribution in [3.8, 4) is 0 Å². The van der Waals surface area contributed by atoms with Gasteiger partial charge in [0, 0.05) is 6.42 Å². The van der Waals surface area contributed by atoms with E-state index in [1.165, 1.54) is 0 Å². The lowest BCUT2D eigenvalue weighted by Crippen LogP contribution is -2.26. The third-order valence-electron chi connectivity index (χ3n) is 2.70. The summed E-state index contributed by atoms with van der Waals surface area (Å²) in [7, 11) is 0. The van der Waals surface area contributed by atoms with Crippen LogP contribution >= 0.6 is 11.3 Å². The van der Waals surface area contributed by atoms with Crippen LogP contribution in [0.3, 0.4) is 0 Å². The molecular weight excluding hydrogens is 264 g/mol. The summed E-state index contributed by atoms with van der Waals surface area (Å²) in [5.41, 5.74) is 0.496. The number of hydrogen-bond donors (Lipinski definition) is 2. The van der Waals surface area contributed by atoms with Gasteiger partial charge in [-0.25, -0.2) is 9.78 Å². The number of rotatable bonds is 6. The number of aromatic carboxylic acids is 1. The van der Waals surface area contributed by atoms with E-state index in [9.17, 15) is 9.59 Å². The highest BCUT2D eigenvalue weighted by molar-refractivity contribution is 7.13. The van der Waals surface area contributed by atoms with E-state index in [0.29, 0.717) is 23.0 Å². The van der Waals surface area contributed by atoms with Crippen LogP contribution in [-0.4, -0.2) is 22.0 Å². The number of thiazole rings is 1. The van der Waals surface area contributed by atoms with E-state index in [4.69, 9.17) is 5.11 Å². The molecule has 1 amide bonds. The largest absolute Gasteiger partial charge is 0.477 e. The van der Waals surface area contributed by atoms with Crippen molar-refractivity contribution in [2.24, 2.45) is 5.92 Å². The average molecular weight is 284 g/mol. The molecule has 0 spiro atoms. The lowest BCUT2D eigenvalue weighted by molar-refractivity contribution is -0.122. The molecule has 1 rings (SSSR count). The van der Waals surface area contributed by atoms with E-state index in [2.05, 4.69) is 24.1 Å². The fraction of sp³-hybridized carbons (Fsp3) is 0.615. The van der Waals surface area contributed by atoms with Crippen LogP contribution in [0.4, 0.5) is 0 Å². The number of carbonyl (C=O) groups excluding carboxylic acids is 1. The molecule has 0 aliphatic carbocycles. The van der Waals surface area contributed by atoms with Gasteiger partial charge in [0.05, 0.1) is 11.7 Å². The van der Waals surface area contributed by atoms with Crippen LogP contribution in [-0.2, 0) is 4.79 Å². The Hall–Kier alpha value is -1.43. The van der Waals surface area contributed by atoms with Crippen molar-refractivity contribution in [2.75, 3.05) is 0 Å². The Morgan fingerprint density at radius 2 is 2.00 bits per heavy atom. The van der Waals surface area contributed by atoms with Gasteiger partial charge in [-0.05, 0) is 26.2 Å². The molecule has 1 aromatic rings. The maximum atomic E-state index is 11.7. The first-order chi connectivity index (χ1) is 8.81. The number of carbonyl (C=O) groups is 2. The second-order valence-corrected chi connectivity index (χ2v) is 6.02. The van der Waals surface area contributed by atoms with Crippen LogP contribution in [0.2, 0.25) is 0 Å². The second kappa shape index (κ2) is 6.65. The Labute approximate surface area is 117 Å². The Kier molecular flexibility index (Phi) is 5.47. The summed E-state index contributed by atoms with van der Waals surface area (Å²) in [6.45, 7) is 7.62. The van der Waals surface area contributed by atoms with Gasteiger partial charge >= 0.3 is 5.97 Å². The van der Waals surface area contributed by atoms with Crippen molar-refractivity contribution in [2.45, 2.75) is 46.6 Å². The highest BCUT2D eigenvalue weighted by Gasteiger charge is 2.19. The Morgan fingerprint density at radius 3 is 2.47 bits per heavy atom. The van der Waals surface area contributed by atoms with Crippen LogP contribution in [0.1, 0.15) is 60.0 Å². The number of carboxylic acid groups (broad SMARTS) is 1. The lowest BCUT2D eigenvalue weighted by atomic mass is 10.1. The van der Waals surface area contributed by atoms with Crippen LogP contribution in [0.15, 0.2) is 0 Å². The monoisotopic (exact) mass is 284 g/mol. The average Bonchev–Trinajstić information content (AvgIpc) is 2.69. The molecule has 0 bridgehead atoms. The first-order valence-corrected chi connectivity index (χ1v) is 7.13. The van der Waals surface area contributed by atoms with Gasteiger partial charge in [0.25, 0.3) is 0 Å². The summed E-state index contributed by atoms with van der Waals surface area (Å²) in [6.07, 6.45) is 1.33. The fourth-order valence-corrected chi connectivity index (χ4v) is 2.50. The fourth-order valence-electron chi connectivity index (χ4n) is 1.60. The maximum Gasteiger partial charge on any atom is 0.347 e. The maximum absolute atomic E-state index is 11.7. The standard InChI is InChI=1S/C13H20N2O3S/c1-7(2)5-6-10(16)14-9(4)12-15-8(3)11(19-12)13(17)18/h7,9H,5-6H2,1-4H3,(H,14,16)(H,17,18). The molecule has 106 valence electrons. The van der Waals surface area contributed by atoms with Crippen molar-refractivity contribution in [3.63, 3.8) is 0 Å². The predicted molar refractivity (Wildman–Crippen MR) is 74.4 cm³/mol. The summed E-state index contributed by atoms with van der Waals surface area (Å²) in [6, 6.07) is -0.253. The van der Waals surface area contributed by atoms with Crippen molar-refractivity contribution in [1.29, 1.82) is 0 Å². The molecule has 1 aromatic heterocycles. The lowest BCUT2D eigenvalue weighted by Gasteiger charge is -2.11. The first-order valence-electron chi connectivity index (χ1n) is 6.31. The van der Waals surface area contributed by atoms with Crippen molar-refractivity contribution in [1.82, 2.24) is 10.3 Å². The molecule has 0 aliphatic rings. The summed E-state index contributed by atoms with van der Waals surface area (Å²) in [4.78, 5) is 27.1. The predicted octanol–water partition coefficient (Wildman–Crippen LogP) is 2.76. The molecule has 1 heterocycles. The third-order valence-corrected chi connectivity index (χ3v) is 4.03. The zero-order valence-electron chi connectivity index (χ0n) is 11.7. The molecule has 19 heavy (non-hydrogen) atoms. The SMILES string of the molecule is Cc1nc(C(C)NC(=O)CCC(C)C)sc1C(=O)O. The van der Waals surface area contributed by atoms with Gasteiger partial charge in [-0.1, -0.05) is 13.8 Å². The van der Waals surface area contributed by atoms with E-state index in [0.717, 1.165) is 17.8 Å². The molecule has 0 radical (unpaired) electrons. The molecule has 2 N–H and O–H groups in total. The molecule has 0 saturated heterocycles. The van der Waals surface area contributed by atoms with Crippen LogP contribution in [0.5, 0.6) is 0 Å². The topological polar surface area (TPSA) is 79.3 Å². The van der Waals surface area contributed by atoms with E-state index in [1.54, 1.807) is 6.92 Å². The first kappa shape index (κ1) is 15.6. The van der Waals surface area contributed by atoms with Crippen LogP contribution in [0.25, 0.3) is 0 Å². The highest BCUT2D eigenvalue weighted by atomic mass is 32.1. The number of aryl methyl sites for hydroxylation is 1. The quantitative estimate of drug-likeness (QED) is 0.842. The van der Waals surface area contributed by atoms with Gasteiger partial charge in [-0.2, -0.15) is 0 Å². The minimum Gasteiger partial charge on any atom is -0.477 e. The number of hydrogen-bond acceptors (Lipinski definition) is 4. The summed E-state index contributed by atoms with van der Waals surface area (Å²) < 4.78 is 0. The Morgan fingerprint density at radius 1 is 1.37 bits per heavy atom. The van der Waals surface area contributed by atoms with Crippen molar-refractivity contribution >= 4 is 23.2 Å². The second-order valence-electron chi connectivity index (χ2n) is 4.99. The summed E-state index contributed by atoms with van der Waals surface area (Å²) in [5.74, 6) is -0.507. The number of nitrogens with zero attached hydrogens (tertiary/aromatic N) is 1. The smallest absolute Gasteiger partial charge is 0.347 e. The zero-order chi connectivity index (χ0) is 14.6. The van der Waals surface area contributed by atoms with E-state index in [1.807, 2.05) is 6.92 Å². The minimum atomic E-state index is -0.973. The summed E-state index contributed by atoms with van der Waals surface area (Å²) >= 11 is 1.12. The molecule has 0 saturated carbocycles. The number of nitrogens with one attached hydrogen (secondary N) is 1. The van der Waals surface area contributed by atoms with E-state index >= 15 is 0 Å². The molecular formula is C13H20N2O3S. The van der Waals surface area contributed by atoms with Gasteiger partial charge in [-0.15, -0.1) is 11.3 Å². The van der Waals surface area contributed by atoms with Crippen molar-refractivity contribution in [3.05, 3.63) is 15.6 Å². The Bertz CT molecular complexity index is 468. The Balaban J connectivity index is 2.63. The normalized spacial score (nSPS) is 12.5. The van der Waals surface area contributed by atoms with Gasteiger partial charge in [0.15, 0.2) is 0 Å². The van der Waals surface area contributed by atoms with Crippen LogP contribution < -0.4 is 5.32 Å². The van der Waals surface area contributed by atoms with Gasteiger partial charge < -0.3 is 10.4 Å². The molecule has 5 nitrogen and oxygen atoms in total. The van der Waals surface area contributed by atoms with E-state index in [-0.39, 0.29) is 16.8 Å². The molecule has 0 fully saturated rings. The highest BCUT2D eigenvalue weighted by Crippen LogP contribution is 2.23. The summed E-state index contributed by atoms with van der Waals surface area (Å²) in [5, 5.41) is 12.5. The molecule has 6 heteroatoms.